The molecule has 6 heteroatoms. The van der Waals surface area contributed by atoms with Gasteiger partial charge in [0, 0.05) is 11.6 Å². The van der Waals surface area contributed by atoms with E-state index in [1.807, 2.05) is 35.9 Å². The predicted molar refractivity (Wildman–Crippen MR) is 75.1 cm³/mol. The molecule has 0 aliphatic heterocycles. The molecule has 0 saturated heterocycles. The van der Waals surface area contributed by atoms with E-state index in [0.717, 1.165) is 17.8 Å². The van der Waals surface area contributed by atoms with Crippen molar-refractivity contribution in [2.45, 2.75) is 19.5 Å². The third-order valence-corrected chi connectivity index (χ3v) is 3.36. The minimum atomic E-state index is -0.272. The molecule has 3 N–H and O–H groups in total. The molecule has 1 aromatic heterocycles. The standard InChI is InChI=1S/C13H17ClN4O/c1-3-18-13(11(19-2)8-16-18)12(17-15)9-6-4-5-7-10(9)14/h4-8,12,17H,3,15H2,1-2H3. The molecule has 0 fully saturated rings. The number of aryl methyl sites for hydroxylation is 1. The van der Waals surface area contributed by atoms with Gasteiger partial charge in [-0.2, -0.15) is 5.10 Å². The molecule has 0 bridgehead atoms. The summed E-state index contributed by atoms with van der Waals surface area (Å²) in [5.41, 5.74) is 4.54. The Morgan fingerprint density at radius 1 is 1.47 bits per heavy atom. The van der Waals surface area contributed by atoms with E-state index in [2.05, 4.69) is 10.5 Å². The first kappa shape index (κ1) is 13.9. The number of methoxy groups -OCH3 is 1. The van der Waals surface area contributed by atoms with Gasteiger partial charge in [-0.05, 0) is 18.6 Å². The molecule has 0 radical (unpaired) electrons. The SMILES string of the molecule is CCn1ncc(OC)c1C(NN)c1ccccc1Cl. The monoisotopic (exact) mass is 280 g/mol. The maximum Gasteiger partial charge on any atom is 0.161 e. The highest BCUT2D eigenvalue weighted by Crippen LogP contribution is 2.32. The average molecular weight is 281 g/mol. The minimum absolute atomic E-state index is 0.272. The Hall–Kier alpha value is -1.56. The first-order chi connectivity index (χ1) is 9.22. The highest BCUT2D eigenvalue weighted by molar-refractivity contribution is 6.31. The van der Waals surface area contributed by atoms with Crippen molar-refractivity contribution < 1.29 is 4.74 Å². The van der Waals surface area contributed by atoms with Crippen molar-refractivity contribution in [2.24, 2.45) is 5.84 Å². The Morgan fingerprint density at radius 2 is 2.21 bits per heavy atom. The topological polar surface area (TPSA) is 65.1 Å². The minimum Gasteiger partial charge on any atom is -0.493 e. The van der Waals surface area contributed by atoms with Gasteiger partial charge in [-0.3, -0.25) is 10.5 Å². The van der Waals surface area contributed by atoms with Crippen LogP contribution < -0.4 is 16.0 Å². The van der Waals surface area contributed by atoms with Gasteiger partial charge in [0.05, 0.1) is 19.3 Å². The summed E-state index contributed by atoms with van der Waals surface area (Å²) in [7, 11) is 1.61. The van der Waals surface area contributed by atoms with Gasteiger partial charge >= 0.3 is 0 Å². The van der Waals surface area contributed by atoms with Crippen LogP contribution in [0.5, 0.6) is 5.75 Å². The molecule has 1 heterocycles. The van der Waals surface area contributed by atoms with Gasteiger partial charge in [0.2, 0.25) is 0 Å². The van der Waals surface area contributed by atoms with E-state index >= 15 is 0 Å². The largest absolute Gasteiger partial charge is 0.493 e. The first-order valence-corrected chi connectivity index (χ1v) is 6.41. The van der Waals surface area contributed by atoms with Crippen molar-refractivity contribution in [3.05, 3.63) is 46.7 Å². The Balaban J connectivity index is 2.54. The number of benzene rings is 1. The van der Waals surface area contributed by atoms with Crippen LogP contribution in [0.3, 0.4) is 0 Å². The summed E-state index contributed by atoms with van der Waals surface area (Å²) in [5, 5.41) is 4.93. The molecule has 0 amide bonds. The highest BCUT2D eigenvalue weighted by atomic mass is 35.5. The fourth-order valence-corrected chi connectivity index (χ4v) is 2.35. The fourth-order valence-electron chi connectivity index (χ4n) is 2.10. The lowest BCUT2D eigenvalue weighted by Crippen LogP contribution is -2.31. The van der Waals surface area contributed by atoms with Crippen LogP contribution in [0, 0.1) is 0 Å². The maximum absolute atomic E-state index is 6.24. The summed E-state index contributed by atoms with van der Waals surface area (Å²) in [6, 6.07) is 7.30. The number of halogens is 1. The van der Waals surface area contributed by atoms with Crippen molar-refractivity contribution in [2.75, 3.05) is 7.11 Å². The molecular formula is C13H17ClN4O. The van der Waals surface area contributed by atoms with Crippen molar-refractivity contribution in [3.8, 4) is 5.75 Å². The van der Waals surface area contributed by atoms with Gasteiger partial charge in [-0.1, -0.05) is 29.8 Å². The molecule has 19 heavy (non-hydrogen) atoms. The second kappa shape index (κ2) is 6.06. The van der Waals surface area contributed by atoms with E-state index in [1.54, 1.807) is 13.3 Å². The Bertz CT molecular complexity index is 534. The van der Waals surface area contributed by atoms with Gasteiger partial charge in [-0.25, -0.2) is 5.43 Å². The number of ether oxygens (including phenoxy) is 1. The normalized spacial score (nSPS) is 12.4. The Labute approximate surface area is 117 Å². The van der Waals surface area contributed by atoms with Crippen molar-refractivity contribution in [3.63, 3.8) is 0 Å². The van der Waals surface area contributed by atoms with Crippen molar-refractivity contribution in [1.29, 1.82) is 0 Å². The third kappa shape index (κ3) is 2.58. The summed E-state index contributed by atoms with van der Waals surface area (Å²) in [4.78, 5) is 0. The first-order valence-electron chi connectivity index (χ1n) is 6.03. The van der Waals surface area contributed by atoms with Gasteiger partial charge in [-0.15, -0.1) is 0 Å². The quantitative estimate of drug-likeness (QED) is 0.650. The van der Waals surface area contributed by atoms with Crippen molar-refractivity contribution >= 4 is 11.6 Å². The molecule has 0 saturated carbocycles. The van der Waals surface area contributed by atoms with Crippen LogP contribution in [0.2, 0.25) is 5.02 Å². The highest BCUT2D eigenvalue weighted by Gasteiger charge is 2.23. The maximum atomic E-state index is 6.24. The molecule has 102 valence electrons. The molecule has 0 aliphatic carbocycles. The molecule has 2 rings (SSSR count). The summed E-state index contributed by atoms with van der Waals surface area (Å²) in [6.45, 7) is 2.73. The molecule has 1 aromatic carbocycles. The van der Waals surface area contributed by atoms with Crippen molar-refractivity contribution in [1.82, 2.24) is 15.2 Å². The third-order valence-electron chi connectivity index (χ3n) is 3.02. The number of hydrogen-bond donors (Lipinski definition) is 2. The zero-order valence-electron chi connectivity index (χ0n) is 10.9. The summed E-state index contributed by atoms with van der Waals surface area (Å²) < 4.78 is 7.19. The second-order valence-corrected chi connectivity index (χ2v) is 4.44. The lowest BCUT2D eigenvalue weighted by atomic mass is 10.0. The van der Waals surface area contributed by atoms with E-state index < -0.39 is 0 Å². The number of nitrogens with one attached hydrogen (secondary N) is 1. The molecule has 0 aliphatic rings. The van der Waals surface area contributed by atoms with Crippen LogP contribution in [-0.2, 0) is 6.54 Å². The fraction of sp³-hybridized carbons (Fsp3) is 0.308. The van der Waals surface area contributed by atoms with Crippen LogP contribution in [0.1, 0.15) is 24.2 Å². The zero-order valence-corrected chi connectivity index (χ0v) is 11.7. The summed E-state index contributed by atoms with van der Waals surface area (Å²) in [6.07, 6.45) is 1.68. The Morgan fingerprint density at radius 3 is 2.79 bits per heavy atom. The summed E-state index contributed by atoms with van der Waals surface area (Å²) >= 11 is 6.24. The number of aromatic nitrogens is 2. The van der Waals surface area contributed by atoms with Gasteiger partial charge < -0.3 is 4.74 Å². The van der Waals surface area contributed by atoms with E-state index in [9.17, 15) is 0 Å². The zero-order chi connectivity index (χ0) is 13.8. The van der Waals surface area contributed by atoms with Crippen LogP contribution in [0.25, 0.3) is 0 Å². The van der Waals surface area contributed by atoms with Gasteiger partial charge in [0.15, 0.2) is 5.75 Å². The predicted octanol–water partition coefficient (Wildman–Crippen LogP) is 2.12. The summed E-state index contributed by atoms with van der Waals surface area (Å²) in [5.74, 6) is 6.39. The van der Waals surface area contributed by atoms with E-state index in [-0.39, 0.29) is 6.04 Å². The Kier molecular flexibility index (Phi) is 4.42. The number of hydrazine groups is 1. The number of nitrogens with zero attached hydrogens (tertiary/aromatic N) is 2. The average Bonchev–Trinajstić information content (AvgIpc) is 2.85. The number of hydrogen-bond acceptors (Lipinski definition) is 4. The smallest absolute Gasteiger partial charge is 0.161 e. The van der Waals surface area contributed by atoms with Crippen LogP contribution in [0.4, 0.5) is 0 Å². The molecule has 1 atom stereocenters. The number of nitrogens with two attached hydrogens (primary N) is 1. The molecule has 0 spiro atoms. The van der Waals surface area contributed by atoms with Crippen LogP contribution >= 0.6 is 11.6 Å². The van der Waals surface area contributed by atoms with Crippen LogP contribution in [0.15, 0.2) is 30.5 Å². The lowest BCUT2D eigenvalue weighted by molar-refractivity contribution is 0.399. The molecule has 2 aromatic rings. The van der Waals surface area contributed by atoms with E-state index in [1.165, 1.54) is 0 Å². The van der Waals surface area contributed by atoms with Gasteiger partial charge in [0.1, 0.15) is 5.69 Å². The van der Waals surface area contributed by atoms with E-state index in [0.29, 0.717) is 10.8 Å². The van der Waals surface area contributed by atoms with E-state index in [4.69, 9.17) is 22.2 Å². The molecular weight excluding hydrogens is 264 g/mol. The molecule has 1 unspecified atom stereocenters. The molecule has 5 nitrogen and oxygen atoms in total. The van der Waals surface area contributed by atoms with Gasteiger partial charge in [0.25, 0.3) is 0 Å². The number of rotatable bonds is 5. The lowest BCUT2D eigenvalue weighted by Gasteiger charge is -2.20. The van der Waals surface area contributed by atoms with Crippen LogP contribution in [-0.4, -0.2) is 16.9 Å². The second-order valence-electron chi connectivity index (χ2n) is 4.04.